The maximum absolute atomic E-state index is 12.0. The summed E-state index contributed by atoms with van der Waals surface area (Å²) in [4.78, 5) is 23.7. The van der Waals surface area contributed by atoms with E-state index in [2.05, 4.69) is 0 Å². The van der Waals surface area contributed by atoms with E-state index in [1.807, 2.05) is 0 Å². The average molecular weight is 259 g/mol. The monoisotopic (exact) mass is 259 g/mol. The Balaban J connectivity index is 2.81. The first-order valence-corrected chi connectivity index (χ1v) is 5.45. The van der Waals surface area contributed by atoms with Gasteiger partial charge in [0.05, 0.1) is 12.0 Å². The van der Waals surface area contributed by atoms with Gasteiger partial charge in [0.25, 0.3) is 0 Å². The van der Waals surface area contributed by atoms with Crippen molar-refractivity contribution in [3.8, 4) is 11.8 Å². The van der Waals surface area contributed by atoms with E-state index in [1.165, 1.54) is 18.2 Å². The fourth-order valence-electron chi connectivity index (χ4n) is 1.62. The molecule has 0 atom stereocenters. The van der Waals surface area contributed by atoms with Crippen LogP contribution in [0.25, 0.3) is 11.0 Å². The lowest BCUT2D eigenvalue weighted by Crippen LogP contribution is -2.15. The van der Waals surface area contributed by atoms with Crippen LogP contribution in [0, 0.1) is 11.3 Å². The Hall–Kier alpha value is -2.81. The Morgan fingerprint density at radius 1 is 1.53 bits per heavy atom. The summed E-state index contributed by atoms with van der Waals surface area (Å²) in [5.41, 5.74) is -1.02. The molecule has 2 aromatic rings. The maximum atomic E-state index is 12.0. The summed E-state index contributed by atoms with van der Waals surface area (Å²) in [6.45, 7) is 1.68. The number of phenols is 1. The lowest BCUT2D eigenvalue weighted by molar-refractivity contribution is 0.0490. The van der Waals surface area contributed by atoms with Crippen molar-refractivity contribution in [2.24, 2.45) is 0 Å². The molecule has 0 amide bonds. The lowest BCUT2D eigenvalue weighted by atomic mass is 10.1. The summed E-state index contributed by atoms with van der Waals surface area (Å²) >= 11 is 0. The number of carbonyl (C=O) groups is 1. The number of ether oxygens (including phenoxy) is 1. The van der Waals surface area contributed by atoms with E-state index in [-0.39, 0.29) is 23.3 Å². The second-order valence-electron chi connectivity index (χ2n) is 3.65. The van der Waals surface area contributed by atoms with E-state index >= 15 is 0 Å². The third-order valence-electron chi connectivity index (χ3n) is 2.45. The highest BCUT2D eigenvalue weighted by Crippen LogP contribution is 2.20. The molecule has 0 fully saturated rings. The second-order valence-corrected chi connectivity index (χ2v) is 3.65. The third kappa shape index (κ3) is 2.13. The SMILES string of the molecule is CCOC(=O)c1oc2cc(O)ccc2c(=O)c1C#N. The van der Waals surface area contributed by atoms with Crippen molar-refractivity contribution in [2.45, 2.75) is 6.92 Å². The predicted octanol–water partition coefficient (Wildman–Crippen LogP) is 1.55. The minimum Gasteiger partial charge on any atom is -0.508 e. The second kappa shape index (κ2) is 4.82. The first-order valence-electron chi connectivity index (χ1n) is 5.45. The van der Waals surface area contributed by atoms with Crippen LogP contribution in [0.1, 0.15) is 23.0 Å². The van der Waals surface area contributed by atoms with Gasteiger partial charge in [0, 0.05) is 6.07 Å². The van der Waals surface area contributed by atoms with Gasteiger partial charge in [0.1, 0.15) is 17.4 Å². The molecular formula is C13H9NO5. The average Bonchev–Trinajstić information content (AvgIpc) is 2.38. The number of aromatic hydroxyl groups is 1. The number of nitrogens with zero attached hydrogens (tertiary/aromatic N) is 1. The number of phenolic OH excluding ortho intramolecular Hbond substituents is 1. The zero-order valence-electron chi connectivity index (χ0n) is 9.97. The van der Waals surface area contributed by atoms with E-state index < -0.39 is 22.7 Å². The predicted molar refractivity (Wildman–Crippen MR) is 64.8 cm³/mol. The Morgan fingerprint density at radius 3 is 2.89 bits per heavy atom. The van der Waals surface area contributed by atoms with Crippen LogP contribution >= 0.6 is 0 Å². The molecule has 19 heavy (non-hydrogen) atoms. The van der Waals surface area contributed by atoms with Gasteiger partial charge in [-0.1, -0.05) is 0 Å². The summed E-state index contributed by atoms with van der Waals surface area (Å²) in [6, 6.07) is 5.46. The molecule has 0 spiro atoms. The first kappa shape index (κ1) is 12.6. The highest BCUT2D eigenvalue weighted by atomic mass is 16.5. The molecule has 1 heterocycles. The Morgan fingerprint density at radius 2 is 2.26 bits per heavy atom. The van der Waals surface area contributed by atoms with E-state index in [0.717, 1.165) is 0 Å². The van der Waals surface area contributed by atoms with E-state index in [0.29, 0.717) is 0 Å². The first-order chi connectivity index (χ1) is 9.08. The molecule has 0 unspecified atom stereocenters. The molecule has 0 saturated carbocycles. The van der Waals surface area contributed by atoms with Crippen molar-refractivity contribution in [3.63, 3.8) is 0 Å². The molecule has 96 valence electrons. The molecule has 0 radical (unpaired) electrons. The molecule has 1 N–H and O–H groups in total. The van der Waals surface area contributed by atoms with Crippen LogP contribution in [0.2, 0.25) is 0 Å². The minimum absolute atomic E-state index is 0.0204. The molecule has 2 rings (SSSR count). The summed E-state index contributed by atoms with van der Waals surface area (Å²) in [6.07, 6.45) is 0. The van der Waals surface area contributed by atoms with Crippen LogP contribution < -0.4 is 5.43 Å². The summed E-state index contributed by atoms with van der Waals surface area (Å²) in [7, 11) is 0. The quantitative estimate of drug-likeness (QED) is 0.821. The number of nitriles is 1. The smallest absolute Gasteiger partial charge is 0.375 e. The van der Waals surface area contributed by atoms with E-state index in [9.17, 15) is 14.7 Å². The van der Waals surface area contributed by atoms with Crippen LogP contribution in [0.4, 0.5) is 0 Å². The maximum Gasteiger partial charge on any atom is 0.375 e. The summed E-state index contributed by atoms with van der Waals surface area (Å²) in [5, 5.41) is 18.4. The van der Waals surface area contributed by atoms with Gasteiger partial charge in [-0.2, -0.15) is 5.26 Å². The van der Waals surface area contributed by atoms with Crippen molar-refractivity contribution in [2.75, 3.05) is 6.61 Å². The fraction of sp³-hybridized carbons (Fsp3) is 0.154. The van der Waals surface area contributed by atoms with Gasteiger partial charge in [0.15, 0.2) is 5.56 Å². The Bertz CT molecular complexity index is 754. The van der Waals surface area contributed by atoms with Gasteiger partial charge in [-0.15, -0.1) is 0 Å². The number of benzene rings is 1. The van der Waals surface area contributed by atoms with Crippen molar-refractivity contribution < 1.29 is 19.1 Å². The zero-order valence-corrected chi connectivity index (χ0v) is 9.97. The van der Waals surface area contributed by atoms with Gasteiger partial charge in [-0.3, -0.25) is 4.79 Å². The number of carbonyl (C=O) groups excluding carboxylic acids is 1. The van der Waals surface area contributed by atoms with Crippen molar-refractivity contribution >= 4 is 16.9 Å². The van der Waals surface area contributed by atoms with E-state index in [1.54, 1.807) is 13.0 Å². The molecule has 0 aliphatic heterocycles. The van der Waals surface area contributed by atoms with Crippen LogP contribution in [0.5, 0.6) is 5.75 Å². The summed E-state index contributed by atoms with van der Waals surface area (Å²) < 4.78 is 9.92. The standard InChI is InChI=1S/C13H9NO5/c1-2-18-13(17)12-9(6-14)11(16)8-4-3-7(15)5-10(8)19-12/h3-5,15H,2H2,1H3. The highest BCUT2D eigenvalue weighted by molar-refractivity contribution is 5.92. The van der Waals surface area contributed by atoms with Crippen molar-refractivity contribution in [1.82, 2.24) is 0 Å². The highest BCUT2D eigenvalue weighted by Gasteiger charge is 2.21. The number of hydrogen-bond donors (Lipinski definition) is 1. The van der Waals surface area contributed by atoms with Crippen LogP contribution in [0.15, 0.2) is 27.4 Å². The van der Waals surface area contributed by atoms with Gasteiger partial charge in [-0.25, -0.2) is 4.79 Å². The Kier molecular flexibility index (Phi) is 3.21. The minimum atomic E-state index is -0.888. The van der Waals surface area contributed by atoms with Gasteiger partial charge >= 0.3 is 5.97 Å². The normalized spacial score (nSPS) is 10.1. The number of esters is 1. The molecule has 1 aromatic heterocycles. The molecule has 0 saturated heterocycles. The van der Waals surface area contributed by atoms with Gasteiger partial charge in [-0.05, 0) is 19.1 Å². The summed E-state index contributed by atoms with van der Waals surface area (Å²) in [5.74, 6) is -1.45. The molecule has 6 heteroatoms. The Labute approximate surface area is 107 Å². The largest absolute Gasteiger partial charge is 0.508 e. The van der Waals surface area contributed by atoms with Crippen LogP contribution in [0.3, 0.4) is 0 Å². The van der Waals surface area contributed by atoms with Crippen molar-refractivity contribution in [3.05, 3.63) is 39.7 Å². The van der Waals surface area contributed by atoms with E-state index in [4.69, 9.17) is 14.4 Å². The molecule has 6 nitrogen and oxygen atoms in total. The number of rotatable bonds is 2. The molecular weight excluding hydrogens is 250 g/mol. The molecule has 0 aliphatic rings. The van der Waals surface area contributed by atoms with Crippen LogP contribution in [-0.2, 0) is 4.74 Å². The van der Waals surface area contributed by atoms with Gasteiger partial charge < -0.3 is 14.3 Å². The lowest BCUT2D eigenvalue weighted by Gasteiger charge is -2.05. The zero-order chi connectivity index (χ0) is 14.0. The van der Waals surface area contributed by atoms with Crippen molar-refractivity contribution in [1.29, 1.82) is 5.26 Å². The van der Waals surface area contributed by atoms with Gasteiger partial charge in [0.2, 0.25) is 11.2 Å². The molecule has 0 bridgehead atoms. The van der Waals surface area contributed by atoms with Crippen LogP contribution in [-0.4, -0.2) is 17.7 Å². The fourth-order valence-corrected chi connectivity index (χ4v) is 1.62. The number of hydrogen-bond acceptors (Lipinski definition) is 6. The third-order valence-corrected chi connectivity index (χ3v) is 2.45. The molecule has 1 aromatic carbocycles. The molecule has 0 aliphatic carbocycles. The number of fused-ring (bicyclic) bond motifs is 1. The topological polar surface area (TPSA) is 101 Å².